The third-order valence-electron chi connectivity index (χ3n) is 4.77. The van der Waals surface area contributed by atoms with E-state index in [0.29, 0.717) is 17.1 Å². The lowest BCUT2D eigenvalue weighted by Crippen LogP contribution is -2.18. The van der Waals surface area contributed by atoms with Crippen LogP contribution >= 0.6 is 12.2 Å². The van der Waals surface area contributed by atoms with Crippen LogP contribution in [0.3, 0.4) is 0 Å². The van der Waals surface area contributed by atoms with Crippen LogP contribution in [0.1, 0.15) is 58.2 Å². The molecule has 0 radical (unpaired) electrons. The van der Waals surface area contributed by atoms with E-state index in [9.17, 15) is 5.11 Å². The Morgan fingerprint density at radius 3 is 2.27 bits per heavy atom. The van der Waals surface area contributed by atoms with Crippen molar-refractivity contribution in [3.63, 3.8) is 0 Å². The summed E-state index contributed by atoms with van der Waals surface area (Å²) < 4.78 is 7.65. The van der Waals surface area contributed by atoms with Crippen LogP contribution in [0.25, 0.3) is 11.1 Å². The number of phenolic OH excluding ortho intramolecular Hbond substituents is 1. The van der Waals surface area contributed by atoms with Gasteiger partial charge in [-0.2, -0.15) is 0 Å². The number of hydrogen-bond acceptors (Lipinski definition) is 3. The van der Waals surface area contributed by atoms with Gasteiger partial charge in [-0.05, 0) is 52.4 Å². The summed E-state index contributed by atoms with van der Waals surface area (Å²) in [7, 11) is 0. The third-order valence-corrected chi connectivity index (χ3v) is 5.07. The standard InChI is InChI=1S/C22H27NO2S/c1-21(2,3)15-11-14(19(24)16(12-15)22(4,5)6)13-23-17-9-7-8-10-18(17)25-20(23)26/h7-12,24H,13H2,1-6H3. The Morgan fingerprint density at radius 2 is 1.65 bits per heavy atom. The van der Waals surface area contributed by atoms with Crippen LogP contribution in [0.5, 0.6) is 5.75 Å². The van der Waals surface area contributed by atoms with Gasteiger partial charge in [0.25, 0.3) is 4.84 Å². The topological polar surface area (TPSA) is 38.3 Å². The largest absolute Gasteiger partial charge is 0.507 e. The Bertz CT molecular complexity index is 1010. The van der Waals surface area contributed by atoms with Gasteiger partial charge in [0.2, 0.25) is 0 Å². The molecule has 0 aliphatic carbocycles. The SMILES string of the molecule is CC(C)(C)c1cc(Cn2c(=S)oc3ccccc32)c(O)c(C(C)(C)C)c1. The first-order chi connectivity index (χ1) is 12.0. The maximum atomic E-state index is 11.0. The second-order valence-corrected chi connectivity index (χ2v) is 9.30. The smallest absolute Gasteiger partial charge is 0.269 e. The first-order valence-electron chi connectivity index (χ1n) is 8.94. The van der Waals surface area contributed by atoms with Crippen molar-refractivity contribution in [2.24, 2.45) is 0 Å². The molecule has 0 aliphatic heterocycles. The Balaban J connectivity index is 2.21. The summed E-state index contributed by atoms with van der Waals surface area (Å²) in [6.45, 7) is 13.4. The zero-order valence-corrected chi connectivity index (χ0v) is 17.2. The number of rotatable bonds is 2. The summed E-state index contributed by atoms with van der Waals surface area (Å²) in [5.41, 5.74) is 4.57. The van der Waals surface area contributed by atoms with Gasteiger partial charge in [0.1, 0.15) is 5.75 Å². The molecular weight excluding hydrogens is 342 g/mol. The molecule has 1 heterocycles. The second kappa shape index (κ2) is 6.27. The second-order valence-electron chi connectivity index (χ2n) is 8.95. The Kier molecular flexibility index (Phi) is 4.51. The van der Waals surface area contributed by atoms with Gasteiger partial charge in [0.05, 0.1) is 12.1 Å². The fourth-order valence-electron chi connectivity index (χ4n) is 3.15. The lowest BCUT2D eigenvalue weighted by Gasteiger charge is -2.27. The number of benzene rings is 2. The van der Waals surface area contributed by atoms with Crippen molar-refractivity contribution in [3.05, 3.63) is 57.9 Å². The summed E-state index contributed by atoms with van der Waals surface area (Å²) in [6, 6.07) is 12.0. The molecule has 1 aromatic heterocycles. The van der Waals surface area contributed by atoms with Crippen LogP contribution < -0.4 is 0 Å². The van der Waals surface area contributed by atoms with Gasteiger partial charge in [-0.3, -0.25) is 4.57 Å². The predicted molar refractivity (Wildman–Crippen MR) is 110 cm³/mol. The molecule has 0 atom stereocenters. The minimum atomic E-state index is -0.153. The number of phenols is 1. The fourth-order valence-corrected chi connectivity index (χ4v) is 3.41. The Hall–Kier alpha value is -2.07. The molecule has 0 amide bonds. The van der Waals surface area contributed by atoms with E-state index in [-0.39, 0.29) is 10.8 Å². The zero-order valence-electron chi connectivity index (χ0n) is 16.4. The highest BCUT2D eigenvalue weighted by molar-refractivity contribution is 7.71. The quantitative estimate of drug-likeness (QED) is 0.538. The van der Waals surface area contributed by atoms with Crippen LogP contribution in [0.15, 0.2) is 40.8 Å². The van der Waals surface area contributed by atoms with Crippen molar-refractivity contribution < 1.29 is 9.52 Å². The number of hydrogen-bond donors (Lipinski definition) is 1. The fraction of sp³-hybridized carbons (Fsp3) is 0.409. The maximum Gasteiger partial charge on any atom is 0.269 e. The summed E-state index contributed by atoms with van der Waals surface area (Å²) in [5, 5.41) is 11.0. The normalized spacial score (nSPS) is 12.7. The number of aromatic nitrogens is 1. The molecule has 3 rings (SSSR count). The first-order valence-corrected chi connectivity index (χ1v) is 9.34. The average molecular weight is 370 g/mol. The Morgan fingerprint density at radius 1 is 1.00 bits per heavy atom. The molecule has 3 nitrogen and oxygen atoms in total. The Labute approximate surface area is 160 Å². The predicted octanol–water partition coefficient (Wildman–Crippen LogP) is 6.31. The minimum absolute atomic E-state index is 0.0115. The zero-order chi connectivity index (χ0) is 19.3. The third kappa shape index (κ3) is 3.43. The van der Waals surface area contributed by atoms with Gasteiger partial charge in [-0.15, -0.1) is 0 Å². The highest BCUT2D eigenvalue weighted by Gasteiger charge is 2.25. The van der Waals surface area contributed by atoms with E-state index < -0.39 is 0 Å². The highest BCUT2D eigenvalue weighted by Crippen LogP contribution is 2.38. The minimum Gasteiger partial charge on any atom is -0.507 e. The van der Waals surface area contributed by atoms with Crippen molar-refractivity contribution in [2.45, 2.75) is 58.9 Å². The number of aromatic hydroxyl groups is 1. The molecule has 0 saturated carbocycles. The van der Waals surface area contributed by atoms with Gasteiger partial charge < -0.3 is 9.52 Å². The van der Waals surface area contributed by atoms with Gasteiger partial charge in [0.15, 0.2) is 5.58 Å². The van der Waals surface area contributed by atoms with E-state index in [2.05, 4.69) is 53.7 Å². The van der Waals surface area contributed by atoms with Crippen LogP contribution in [0, 0.1) is 4.84 Å². The summed E-state index contributed by atoms with van der Waals surface area (Å²) in [4.78, 5) is 0.420. The number of fused-ring (bicyclic) bond motifs is 1. The summed E-state index contributed by atoms with van der Waals surface area (Å²) in [6.07, 6.45) is 0. The van der Waals surface area contributed by atoms with Crippen LogP contribution in [-0.2, 0) is 17.4 Å². The summed E-state index contributed by atoms with van der Waals surface area (Å²) in [5.74, 6) is 0.345. The van der Waals surface area contributed by atoms with Gasteiger partial charge >= 0.3 is 0 Å². The molecule has 0 bridgehead atoms. The molecule has 2 aromatic carbocycles. The van der Waals surface area contributed by atoms with Crippen LogP contribution in [0.4, 0.5) is 0 Å². The molecule has 0 fully saturated rings. The number of oxazole rings is 1. The lowest BCUT2D eigenvalue weighted by atomic mass is 9.79. The van der Waals surface area contributed by atoms with Gasteiger partial charge in [-0.1, -0.05) is 59.7 Å². The van der Waals surface area contributed by atoms with Crippen LogP contribution in [-0.4, -0.2) is 9.67 Å². The lowest BCUT2D eigenvalue weighted by molar-refractivity contribution is 0.435. The van der Waals surface area contributed by atoms with Crippen molar-refractivity contribution in [3.8, 4) is 5.75 Å². The maximum absolute atomic E-state index is 11.0. The van der Waals surface area contributed by atoms with Crippen molar-refractivity contribution in [1.82, 2.24) is 4.57 Å². The molecule has 4 heteroatoms. The molecule has 0 spiro atoms. The molecule has 0 saturated heterocycles. The van der Waals surface area contributed by atoms with Gasteiger partial charge in [-0.25, -0.2) is 0 Å². The molecular formula is C22H27NO2S. The molecule has 0 aliphatic rings. The van der Waals surface area contributed by atoms with Crippen LogP contribution in [0.2, 0.25) is 0 Å². The molecule has 1 N–H and O–H groups in total. The number of para-hydroxylation sites is 2. The molecule has 3 aromatic rings. The number of nitrogens with zero attached hydrogens (tertiary/aromatic N) is 1. The molecule has 138 valence electrons. The van der Waals surface area contributed by atoms with E-state index in [1.807, 2.05) is 28.8 Å². The van der Waals surface area contributed by atoms with Crippen molar-refractivity contribution in [2.75, 3.05) is 0 Å². The van der Waals surface area contributed by atoms with Crippen molar-refractivity contribution in [1.29, 1.82) is 0 Å². The molecule has 0 unspecified atom stereocenters. The van der Waals surface area contributed by atoms with Crippen molar-refractivity contribution >= 4 is 23.3 Å². The first kappa shape index (κ1) is 18.7. The molecule has 26 heavy (non-hydrogen) atoms. The van der Waals surface area contributed by atoms with E-state index in [4.69, 9.17) is 16.6 Å². The van der Waals surface area contributed by atoms with Gasteiger partial charge in [0, 0.05) is 5.56 Å². The monoisotopic (exact) mass is 369 g/mol. The van der Waals surface area contributed by atoms with E-state index in [0.717, 1.165) is 22.2 Å². The van der Waals surface area contributed by atoms with E-state index >= 15 is 0 Å². The average Bonchev–Trinajstić information content (AvgIpc) is 2.83. The summed E-state index contributed by atoms with van der Waals surface area (Å²) >= 11 is 5.42. The highest BCUT2D eigenvalue weighted by atomic mass is 32.1. The van der Waals surface area contributed by atoms with E-state index in [1.165, 1.54) is 5.56 Å². The van der Waals surface area contributed by atoms with E-state index in [1.54, 1.807) is 0 Å².